The highest BCUT2D eigenvalue weighted by molar-refractivity contribution is 5.83. The number of amides is 1. The lowest BCUT2D eigenvalue weighted by molar-refractivity contribution is -0.120. The van der Waals surface area contributed by atoms with Crippen molar-refractivity contribution in [1.82, 2.24) is 5.43 Å². The standard InChI is InChI=1S/C15H12F2N2O/c16-13-8-4-7-12(15(13)17)10-18-19-14(20)9-11-5-2-1-3-6-11/h1-8,10H,9H2,(H,19,20)/b18-10+. The number of nitrogens with one attached hydrogen (secondary N) is 1. The van der Waals surface area contributed by atoms with E-state index in [1.54, 1.807) is 0 Å². The van der Waals surface area contributed by atoms with E-state index in [-0.39, 0.29) is 17.9 Å². The van der Waals surface area contributed by atoms with Crippen LogP contribution in [0, 0.1) is 11.6 Å². The number of hydrogen-bond acceptors (Lipinski definition) is 2. The normalized spacial score (nSPS) is 10.7. The quantitative estimate of drug-likeness (QED) is 0.676. The van der Waals surface area contributed by atoms with Crippen molar-refractivity contribution in [2.45, 2.75) is 6.42 Å². The number of hydrazone groups is 1. The Balaban J connectivity index is 1.93. The van der Waals surface area contributed by atoms with Gasteiger partial charge in [-0.3, -0.25) is 4.79 Å². The molecule has 1 N–H and O–H groups in total. The summed E-state index contributed by atoms with van der Waals surface area (Å²) in [5.41, 5.74) is 3.09. The fraction of sp³-hybridized carbons (Fsp3) is 0.0667. The molecular weight excluding hydrogens is 262 g/mol. The van der Waals surface area contributed by atoms with Gasteiger partial charge >= 0.3 is 0 Å². The molecule has 0 fully saturated rings. The molecular formula is C15H12F2N2O. The minimum atomic E-state index is -0.992. The fourth-order valence-corrected chi connectivity index (χ4v) is 1.61. The summed E-state index contributed by atoms with van der Waals surface area (Å²) in [6.45, 7) is 0. The molecule has 0 atom stereocenters. The van der Waals surface area contributed by atoms with Gasteiger partial charge in [-0.1, -0.05) is 42.5 Å². The third-order valence-corrected chi connectivity index (χ3v) is 2.58. The van der Waals surface area contributed by atoms with Gasteiger partial charge in [-0.2, -0.15) is 5.10 Å². The Bertz CT molecular complexity index is 627. The molecule has 0 aromatic heterocycles. The van der Waals surface area contributed by atoms with Crippen molar-refractivity contribution < 1.29 is 13.6 Å². The van der Waals surface area contributed by atoms with Crippen molar-refractivity contribution in [3.8, 4) is 0 Å². The maximum atomic E-state index is 13.3. The highest BCUT2D eigenvalue weighted by atomic mass is 19.2. The molecule has 20 heavy (non-hydrogen) atoms. The Labute approximate surface area is 114 Å². The third-order valence-electron chi connectivity index (χ3n) is 2.58. The first-order valence-electron chi connectivity index (χ1n) is 5.96. The highest BCUT2D eigenvalue weighted by Gasteiger charge is 2.05. The first kappa shape index (κ1) is 13.9. The van der Waals surface area contributed by atoms with Gasteiger partial charge in [-0.25, -0.2) is 14.2 Å². The van der Waals surface area contributed by atoms with Gasteiger partial charge in [0.15, 0.2) is 11.6 Å². The van der Waals surface area contributed by atoms with E-state index in [9.17, 15) is 13.6 Å². The molecule has 2 aromatic carbocycles. The van der Waals surface area contributed by atoms with E-state index < -0.39 is 11.6 Å². The van der Waals surface area contributed by atoms with Crippen LogP contribution in [0.15, 0.2) is 53.6 Å². The molecule has 0 bridgehead atoms. The monoisotopic (exact) mass is 274 g/mol. The van der Waals surface area contributed by atoms with Crippen LogP contribution in [0.2, 0.25) is 0 Å². The zero-order valence-corrected chi connectivity index (χ0v) is 10.5. The van der Waals surface area contributed by atoms with Gasteiger partial charge in [0.1, 0.15) is 0 Å². The van der Waals surface area contributed by atoms with Gasteiger partial charge in [0.25, 0.3) is 0 Å². The average molecular weight is 274 g/mol. The van der Waals surface area contributed by atoms with Crippen molar-refractivity contribution in [2.75, 3.05) is 0 Å². The van der Waals surface area contributed by atoms with Crippen LogP contribution in [0.5, 0.6) is 0 Å². The number of carbonyl (C=O) groups is 1. The van der Waals surface area contributed by atoms with Crippen LogP contribution < -0.4 is 5.43 Å². The van der Waals surface area contributed by atoms with E-state index in [0.717, 1.165) is 17.8 Å². The predicted molar refractivity (Wildman–Crippen MR) is 72.2 cm³/mol. The van der Waals surface area contributed by atoms with Gasteiger partial charge in [0, 0.05) is 5.56 Å². The number of rotatable bonds is 4. The Morgan fingerprint density at radius 1 is 1.10 bits per heavy atom. The predicted octanol–water partition coefficient (Wildman–Crippen LogP) is 2.66. The SMILES string of the molecule is O=C(Cc1ccccc1)N/N=C/c1cccc(F)c1F. The summed E-state index contributed by atoms with van der Waals surface area (Å²) in [5, 5.41) is 3.61. The van der Waals surface area contributed by atoms with E-state index in [4.69, 9.17) is 0 Å². The smallest absolute Gasteiger partial charge is 0.244 e. The lowest BCUT2D eigenvalue weighted by atomic mass is 10.1. The summed E-state index contributed by atoms with van der Waals surface area (Å²) in [7, 11) is 0. The van der Waals surface area contributed by atoms with Crippen molar-refractivity contribution in [1.29, 1.82) is 0 Å². The van der Waals surface area contributed by atoms with Gasteiger partial charge in [-0.05, 0) is 11.6 Å². The highest BCUT2D eigenvalue weighted by Crippen LogP contribution is 2.08. The van der Waals surface area contributed by atoms with Crippen LogP contribution in [0.3, 0.4) is 0 Å². The van der Waals surface area contributed by atoms with Crippen molar-refractivity contribution >= 4 is 12.1 Å². The fourth-order valence-electron chi connectivity index (χ4n) is 1.61. The Morgan fingerprint density at radius 3 is 2.60 bits per heavy atom. The van der Waals surface area contributed by atoms with E-state index in [2.05, 4.69) is 10.5 Å². The average Bonchev–Trinajstić information content (AvgIpc) is 2.44. The summed E-state index contributed by atoms with van der Waals surface area (Å²) >= 11 is 0. The Morgan fingerprint density at radius 2 is 1.85 bits per heavy atom. The maximum Gasteiger partial charge on any atom is 0.244 e. The van der Waals surface area contributed by atoms with Crippen LogP contribution >= 0.6 is 0 Å². The molecule has 1 amide bonds. The molecule has 0 saturated carbocycles. The third kappa shape index (κ3) is 3.71. The molecule has 0 aliphatic rings. The molecule has 3 nitrogen and oxygen atoms in total. The molecule has 0 unspecified atom stereocenters. The summed E-state index contributed by atoms with van der Waals surface area (Å²) in [5.74, 6) is -2.28. The number of nitrogens with zero attached hydrogens (tertiary/aromatic N) is 1. The first-order valence-corrected chi connectivity index (χ1v) is 5.96. The topological polar surface area (TPSA) is 41.5 Å². The Hall–Kier alpha value is -2.56. The van der Waals surface area contributed by atoms with Crippen LogP contribution in [0.1, 0.15) is 11.1 Å². The minimum absolute atomic E-state index is 0.0231. The van der Waals surface area contributed by atoms with E-state index in [1.807, 2.05) is 30.3 Å². The molecule has 0 radical (unpaired) electrons. The number of benzene rings is 2. The van der Waals surface area contributed by atoms with Gasteiger partial charge in [-0.15, -0.1) is 0 Å². The number of carbonyl (C=O) groups excluding carboxylic acids is 1. The summed E-state index contributed by atoms with van der Waals surface area (Å²) in [6, 6.07) is 12.9. The molecule has 0 saturated heterocycles. The van der Waals surface area contributed by atoms with Gasteiger partial charge < -0.3 is 0 Å². The van der Waals surface area contributed by atoms with Crippen molar-refractivity contribution in [3.63, 3.8) is 0 Å². The van der Waals surface area contributed by atoms with Crippen LogP contribution in [0.4, 0.5) is 8.78 Å². The second-order valence-corrected chi connectivity index (χ2v) is 4.10. The second kappa shape index (κ2) is 6.56. The molecule has 2 rings (SSSR count). The van der Waals surface area contributed by atoms with Gasteiger partial charge in [0.05, 0.1) is 12.6 Å². The molecule has 5 heteroatoms. The first-order chi connectivity index (χ1) is 9.66. The van der Waals surface area contributed by atoms with Crippen molar-refractivity contribution in [2.24, 2.45) is 5.10 Å². The number of halogens is 2. The van der Waals surface area contributed by atoms with E-state index in [1.165, 1.54) is 12.1 Å². The summed E-state index contributed by atoms with van der Waals surface area (Å²) < 4.78 is 26.2. The summed E-state index contributed by atoms with van der Waals surface area (Å²) in [4.78, 5) is 11.6. The van der Waals surface area contributed by atoms with Gasteiger partial charge in [0.2, 0.25) is 5.91 Å². The molecule has 0 aliphatic heterocycles. The van der Waals surface area contributed by atoms with Crippen LogP contribution in [0.25, 0.3) is 0 Å². The summed E-state index contributed by atoms with van der Waals surface area (Å²) in [6.07, 6.45) is 1.24. The lowest BCUT2D eigenvalue weighted by Gasteiger charge is -2.00. The zero-order valence-electron chi connectivity index (χ0n) is 10.5. The molecule has 0 spiro atoms. The molecule has 0 heterocycles. The zero-order chi connectivity index (χ0) is 14.4. The van der Waals surface area contributed by atoms with E-state index >= 15 is 0 Å². The lowest BCUT2D eigenvalue weighted by Crippen LogP contribution is -2.19. The minimum Gasteiger partial charge on any atom is -0.273 e. The second-order valence-electron chi connectivity index (χ2n) is 4.10. The largest absolute Gasteiger partial charge is 0.273 e. The number of hydrogen-bond donors (Lipinski definition) is 1. The molecule has 0 aliphatic carbocycles. The van der Waals surface area contributed by atoms with Crippen LogP contribution in [-0.4, -0.2) is 12.1 Å². The Kier molecular flexibility index (Phi) is 4.55. The molecule has 2 aromatic rings. The molecule has 102 valence electrons. The van der Waals surface area contributed by atoms with Crippen molar-refractivity contribution in [3.05, 3.63) is 71.3 Å². The van der Waals surface area contributed by atoms with Crippen LogP contribution in [-0.2, 0) is 11.2 Å². The van der Waals surface area contributed by atoms with E-state index in [0.29, 0.717) is 0 Å². The maximum absolute atomic E-state index is 13.3.